The molecule has 1 aromatic carbocycles. The Labute approximate surface area is 209 Å². The van der Waals surface area contributed by atoms with Crippen LogP contribution in [0.15, 0.2) is 71.7 Å². The third kappa shape index (κ3) is 4.23. The SMILES string of the molecule is C[C@@H]1CN(c2cc(=O)n(C)c3ccc(C#N)nc23)[C@@H](C)CN1C(c1ccc(F)cc1)c1ccccn1. The molecular weight excluding hydrogens is 455 g/mol. The topological polar surface area (TPSA) is 78.0 Å². The summed E-state index contributed by atoms with van der Waals surface area (Å²) in [6.07, 6.45) is 1.78. The van der Waals surface area contributed by atoms with Crippen molar-refractivity contribution >= 4 is 16.7 Å². The van der Waals surface area contributed by atoms with E-state index in [4.69, 9.17) is 0 Å². The lowest BCUT2D eigenvalue weighted by Crippen LogP contribution is -2.57. The van der Waals surface area contributed by atoms with Crippen LogP contribution < -0.4 is 10.5 Å². The van der Waals surface area contributed by atoms with Crippen LogP contribution >= 0.6 is 0 Å². The van der Waals surface area contributed by atoms with Gasteiger partial charge >= 0.3 is 0 Å². The molecule has 7 nitrogen and oxygen atoms in total. The fraction of sp³-hybridized carbons (Fsp3) is 0.286. The van der Waals surface area contributed by atoms with Crippen molar-refractivity contribution in [3.8, 4) is 6.07 Å². The van der Waals surface area contributed by atoms with Gasteiger partial charge in [-0.3, -0.25) is 14.7 Å². The van der Waals surface area contributed by atoms with Gasteiger partial charge in [0.2, 0.25) is 0 Å². The van der Waals surface area contributed by atoms with E-state index in [1.54, 1.807) is 36.0 Å². The number of fused-ring (bicyclic) bond motifs is 1. The summed E-state index contributed by atoms with van der Waals surface area (Å²) in [6, 6.07) is 19.6. The summed E-state index contributed by atoms with van der Waals surface area (Å²) in [5.74, 6) is -0.272. The van der Waals surface area contributed by atoms with Crippen LogP contribution in [0, 0.1) is 17.1 Å². The van der Waals surface area contributed by atoms with Crippen molar-refractivity contribution in [1.82, 2.24) is 19.4 Å². The minimum Gasteiger partial charge on any atom is -0.364 e. The molecule has 4 heterocycles. The minimum atomic E-state index is -0.272. The van der Waals surface area contributed by atoms with E-state index >= 15 is 0 Å². The van der Waals surface area contributed by atoms with Gasteiger partial charge in [-0.25, -0.2) is 9.37 Å². The van der Waals surface area contributed by atoms with E-state index in [0.717, 1.165) is 16.9 Å². The van der Waals surface area contributed by atoms with Crippen LogP contribution in [-0.4, -0.2) is 44.6 Å². The van der Waals surface area contributed by atoms with Crippen molar-refractivity contribution in [3.05, 3.63) is 100.0 Å². The molecule has 1 saturated heterocycles. The lowest BCUT2D eigenvalue weighted by Gasteiger charge is -2.48. The molecule has 182 valence electrons. The first-order chi connectivity index (χ1) is 17.4. The van der Waals surface area contributed by atoms with E-state index in [1.807, 2.05) is 30.3 Å². The second-order valence-electron chi connectivity index (χ2n) is 9.36. The Bertz CT molecular complexity index is 1500. The third-order valence-electron chi connectivity index (χ3n) is 7.01. The standard InChI is InChI=1S/C28H27FN6O/c1-18-17-35(28(23-6-4-5-13-31-23)20-7-9-21(29)10-8-20)19(2)16-34(18)25-14-26(36)33(3)24-12-11-22(15-30)32-27(24)25/h4-14,18-19,28H,16-17H2,1-3H3/t18-,19+,28?/m0/s1. The summed E-state index contributed by atoms with van der Waals surface area (Å²) in [5, 5.41) is 9.41. The molecule has 3 aromatic heterocycles. The minimum absolute atomic E-state index is 0.0377. The predicted molar refractivity (Wildman–Crippen MR) is 137 cm³/mol. The van der Waals surface area contributed by atoms with Crippen LogP contribution in [-0.2, 0) is 7.05 Å². The molecular formula is C28H27FN6O. The summed E-state index contributed by atoms with van der Waals surface area (Å²) in [7, 11) is 1.71. The highest BCUT2D eigenvalue weighted by Crippen LogP contribution is 2.35. The molecule has 0 saturated carbocycles. The fourth-order valence-electron chi connectivity index (χ4n) is 5.16. The van der Waals surface area contributed by atoms with Gasteiger partial charge in [-0.2, -0.15) is 5.26 Å². The molecule has 0 spiro atoms. The van der Waals surface area contributed by atoms with Gasteiger partial charge in [-0.15, -0.1) is 0 Å². The van der Waals surface area contributed by atoms with Crippen LogP contribution in [0.25, 0.3) is 11.0 Å². The number of halogens is 1. The molecule has 1 aliphatic rings. The first-order valence-corrected chi connectivity index (χ1v) is 12.0. The van der Waals surface area contributed by atoms with Crippen LogP contribution in [0.2, 0.25) is 0 Å². The van der Waals surface area contributed by atoms with Crippen molar-refractivity contribution in [1.29, 1.82) is 5.26 Å². The van der Waals surface area contributed by atoms with Crippen LogP contribution in [0.1, 0.15) is 36.8 Å². The molecule has 1 aliphatic heterocycles. The number of nitrogens with zero attached hydrogens (tertiary/aromatic N) is 6. The van der Waals surface area contributed by atoms with E-state index in [0.29, 0.717) is 29.8 Å². The summed E-state index contributed by atoms with van der Waals surface area (Å²) in [5.41, 5.74) is 4.13. The molecule has 1 unspecified atom stereocenters. The van der Waals surface area contributed by atoms with E-state index in [1.165, 1.54) is 12.1 Å². The highest BCUT2D eigenvalue weighted by atomic mass is 19.1. The van der Waals surface area contributed by atoms with Crippen molar-refractivity contribution in [2.75, 3.05) is 18.0 Å². The van der Waals surface area contributed by atoms with Gasteiger partial charge in [0.15, 0.2) is 0 Å². The van der Waals surface area contributed by atoms with Crippen LogP contribution in [0.3, 0.4) is 0 Å². The fourth-order valence-corrected chi connectivity index (χ4v) is 5.16. The molecule has 1 fully saturated rings. The summed E-state index contributed by atoms with van der Waals surface area (Å²) in [6.45, 7) is 5.60. The third-order valence-corrected chi connectivity index (χ3v) is 7.01. The zero-order valence-electron chi connectivity index (χ0n) is 20.5. The van der Waals surface area contributed by atoms with Crippen molar-refractivity contribution in [2.45, 2.75) is 32.0 Å². The van der Waals surface area contributed by atoms with E-state index in [9.17, 15) is 14.4 Å². The van der Waals surface area contributed by atoms with Gasteiger partial charge in [-0.1, -0.05) is 18.2 Å². The number of aryl methyl sites for hydroxylation is 1. The number of aromatic nitrogens is 3. The highest BCUT2D eigenvalue weighted by molar-refractivity contribution is 5.89. The molecule has 0 radical (unpaired) electrons. The Hall–Kier alpha value is -4.09. The van der Waals surface area contributed by atoms with E-state index in [-0.39, 0.29) is 29.5 Å². The highest BCUT2D eigenvalue weighted by Gasteiger charge is 2.36. The second-order valence-corrected chi connectivity index (χ2v) is 9.36. The molecule has 0 bridgehead atoms. The zero-order valence-corrected chi connectivity index (χ0v) is 20.5. The van der Waals surface area contributed by atoms with Gasteiger partial charge in [0.1, 0.15) is 23.1 Å². The Balaban J connectivity index is 1.55. The van der Waals surface area contributed by atoms with Crippen molar-refractivity contribution in [2.24, 2.45) is 7.05 Å². The maximum atomic E-state index is 13.7. The predicted octanol–water partition coefficient (Wildman–Crippen LogP) is 4.03. The Kier molecular flexibility index (Phi) is 6.25. The molecule has 4 aromatic rings. The normalized spacial score (nSPS) is 19.2. The van der Waals surface area contributed by atoms with Crippen molar-refractivity contribution in [3.63, 3.8) is 0 Å². The molecule has 0 N–H and O–H groups in total. The lowest BCUT2D eigenvalue weighted by atomic mass is 9.96. The van der Waals surface area contributed by atoms with E-state index < -0.39 is 0 Å². The lowest BCUT2D eigenvalue weighted by molar-refractivity contribution is 0.128. The van der Waals surface area contributed by atoms with Gasteiger partial charge in [0, 0.05) is 44.5 Å². The first kappa shape index (κ1) is 23.6. The second kappa shape index (κ2) is 9.51. The average Bonchev–Trinajstić information content (AvgIpc) is 2.89. The largest absolute Gasteiger partial charge is 0.364 e. The Morgan fingerprint density at radius 2 is 1.83 bits per heavy atom. The number of hydrogen-bond donors (Lipinski definition) is 0. The Morgan fingerprint density at radius 3 is 2.53 bits per heavy atom. The van der Waals surface area contributed by atoms with Gasteiger partial charge in [0.05, 0.1) is 22.9 Å². The number of nitriles is 1. The van der Waals surface area contributed by atoms with Crippen molar-refractivity contribution < 1.29 is 4.39 Å². The molecule has 0 amide bonds. The summed E-state index contributed by atoms with van der Waals surface area (Å²) >= 11 is 0. The number of pyridine rings is 3. The molecule has 0 aliphatic carbocycles. The molecule has 36 heavy (non-hydrogen) atoms. The maximum Gasteiger partial charge on any atom is 0.252 e. The zero-order chi connectivity index (χ0) is 25.4. The monoisotopic (exact) mass is 482 g/mol. The van der Waals surface area contributed by atoms with Gasteiger partial charge in [0.25, 0.3) is 5.56 Å². The summed E-state index contributed by atoms with van der Waals surface area (Å²) < 4.78 is 15.3. The summed E-state index contributed by atoms with van der Waals surface area (Å²) in [4.78, 5) is 26.6. The molecule has 8 heteroatoms. The van der Waals surface area contributed by atoms with Gasteiger partial charge in [-0.05, 0) is 55.8 Å². The van der Waals surface area contributed by atoms with Crippen LogP contribution in [0.5, 0.6) is 0 Å². The van der Waals surface area contributed by atoms with Gasteiger partial charge < -0.3 is 9.47 Å². The number of anilines is 1. The molecule has 3 atom stereocenters. The molecule has 5 rings (SSSR count). The number of rotatable bonds is 4. The number of benzene rings is 1. The number of piperazine rings is 1. The number of hydrogen-bond acceptors (Lipinski definition) is 6. The first-order valence-electron chi connectivity index (χ1n) is 12.0. The Morgan fingerprint density at radius 1 is 1.06 bits per heavy atom. The maximum absolute atomic E-state index is 13.7. The quantitative estimate of drug-likeness (QED) is 0.437. The van der Waals surface area contributed by atoms with E-state index in [2.05, 4.69) is 39.7 Å². The average molecular weight is 483 g/mol. The van der Waals surface area contributed by atoms with Crippen LogP contribution in [0.4, 0.5) is 10.1 Å². The smallest absolute Gasteiger partial charge is 0.252 e.